The number of hydrogen-bond acceptors (Lipinski definition) is 0. The minimum Gasteiger partial charge on any atom is -0.0725 e. The molecule has 0 heteroatoms. The van der Waals surface area contributed by atoms with Crippen LogP contribution in [-0.2, 0) is 5.41 Å². The fourth-order valence-corrected chi connectivity index (χ4v) is 8.55. The summed E-state index contributed by atoms with van der Waals surface area (Å²) in [6, 6.07) is 23.0. The molecule has 4 rings (SSSR count). The standard InChI is InChI=1S/C39H52/c1-33(2,3)31-25-19-27-37(31,35(7,8)9)39(29-21-15-13-16-22-29,30-23-17-14-18-24-30)38(36(10,11)12)28-20-26-32(38)34(4,5)6/h13-28H,1-12H3. The van der Waals surface area contributed by atoms with Crippen molar-refractivity contribution >= 4 is 0 Å². The maximum atomic E-state index is 2.59. The zero-order valence-corrected chi connectivity index (χ0v) is 26.7. The first-order valence-electron chi connectivity index (χ1n) is 14.8. The van der Waals surface area contributed by atoms with Crippen molar-refractivity contribution in [1.29, 1.82) is 0 Å². The SMILES string of the molecule is CC(C)(C)C1=CC=CC1(C(C)(C)C)C(c1ccccc1)(c1ccccc1)C1(C(C)(C)C)C=CC=C1C(C)(C)C. The molecule has 0 saturated heterocycles. The second kappa shape index (κ2) is 9.22. The van der Waals surface area contributed by atoms with Gasteiger partial charge in [0.2, 0.25) is 0 Å². The fourth-order valence-electron chi connectivity index (χ4n) is 8.55. The molecule has 2 aliphatic carbocycles. The molecule has 2 unspecified atom stereocenters. The molecule has 2 aromatic rings. The molecule has 2 aromatic carbocycles. The molecule has 0 aromatic heterocycles. The molecule has 2 atom stereocenters. The third-order valence-corrected chi connectivity index (χ3v) is 9.65. The van der Waals surface area contributed by atoms with Gasteiger partial charge < -0.3 is 0 Å². The zero-order chi connectivity index (χ0) is 29.1. The minimum absolute atomic E-state index is 0.0292. The van der Waals surface area contributed by atoms with Crippen molar-refractivity contribution in [3.05, 3.63) is 119 Å². The van der Waals surface area contributed by atoms with Gasteiger partial charge in [-0.05, 0) is 32.8 Å². The van der Waals surface area contributed by atoms with E-state index in [0.717, 1.165) is 0 Å². The maximum Gasteiger partial charge on any atom is 0.0469 e. The Morgan fingerprint density at radius 1 is 0.436 bits per heavy atom. The van der Waals surface area contributed by atoms with Crippen LogP contribution < -0.4 is 0 Å². The van der Waals surface area contributed by atoms with Gasteiger partial charge in [-0.25, -0.2) is 0 Å². The van der Waals surface area contributed by atoms with Crippen LogP contribution in [0, 0.1) is 32.5 Å². The lowest BCUT2D eigenvalue weighted by atomic mass is 9.32. The van der Waals surface area contributed by atoms with Gasteiger partial charge in [0, 0.05) is 16.2 Å². The van der Waals surface area contributed by atoms with Gasteiger partial charge in [0.25, 0.3) is 0 Å². The van der Waals surface area contributed by atoms with E-state index in [2.05, 4.69) is 180 Å². The molecule has 0 bridgehead atoms. The summed E-state index contributed by atoms with van der Waals surface area (Å²) in [5.41, 5.74) is 4.40. The van der Waals surface area contributed by atoms with Gasteiger partial charge in [-0.3, -0.25) is 0 Å². The predicted octanol–water partition coefficient (Wildman–Crippen LogP) is 11.1. The van der Waals surface area contributed by atoms with Crippen LogP contribution in [0.15, 0.2) is 108 Å². The Labute approximate surface area is 240 Å². The van der Waals surface area contributed by atoms with Crippen molar-refractivity contribution in [2.24, 2.45) is 32.5 Å². The fraction of sp³-hybridized carbons (Fsp3) is 0.487. The summed E-state index contributed by atoms with van der Waals surface area (Å²) in [5.74, 6) is 0. The molecule has 39 heavy (non-hydrogen) atoms. The predicted molar refractivity (Wildman–Crippen MR) is 171 cm³/mol. The first kappa shape index (κ1) is 29.4. The Morgan fingerprint density at radius 2 is 0.744 bits per heavy atom. The summed E-state index contributed by atoms with van der Waals surface area (Å²) in [4.78, 5) is 0. The normalized spacial score (nSPS) is 24.2. The molecule has 0 spiro atoms. The Bertz CT molecular complexity index is 1200. The van der Waals surface area contributed by atoms with E-state index in [0.29, 0.717) is 0 Å². The molecule has 0 radical (unpaired) electrons. The summed E-state index contributed by atoms with van der Waals surface area (Å²) in [7, 11) is 0. The van der Waals surface area contributed by atoms with E-state index in [1.54, 1.807) is 0 Å². The summed E-state index contributed by atoms with van der Waals surface area (Å²) in [5, 5.41) is 0. The third-order valence-electron chi connectivity index (χ3n) is 9.65. The van der Waals surface area contributed by atoms with Crippen molar-refractivity contribution in [2.75, 3.05) is 0 Å². The van der Waals surface area contributed by atoms with Gasteiger partial charge in [0.05, 0.1) is 0 Å². The van der Waals surface area contributed by atoms with Crippen LogP contribution in [0.4, 0.5) is 0 Å². The van der Waals surface area contributed by atoms with E-state index >= 15 is 0 Å². The smallest absolute Gasteiger partial charge is 0.0469 e. The average molecular weight is 521 g/mol. The molecule has 2 aliphatic rings. The molecule has 0 N–H and O–H groups in total. The number of benzene rings is 2. The van der Waals surface area contributed by atoms with E-state index in [4.69, 9.17) is 0 Å². The van der Waals surface area contributed by atoms with Crippen LogP contribution in [0.25, 0.3) is 0 Å². The van der Waals surface area contributed by atoms with Crippen molar-refractivity contribution < 1.29 is 0 Å². The number of rotatable bonds is 4. The van der Waals surface area contributed by atoms with Crippen molar-refractivity contribution in [2.45, 2.75) is 88.5 Å². The molecule has 0 aliphatic heterocycles. The molecule has 0 saturated carbocycles. The van der Waals surface area contributed by atoms with Gasteiger partial charge in [-0.2, -0.15) is 0 Å². The lowest BCUT2D eigenvalue weighted by molar-refractivity contribution is -0.0304. The van der Waals surface area contributed by atoms with Crippen LogP contribution in [0.1, 0.15) is 94.2 Å². The van der Waals surface area contributed by atoms with Crippen LogP contribution in [0.3, 0.4) is 0 Å². The monoisotopic (exact) mass is 520 g/mol. The van der Waals surface area contributed by atoms with Crippen LogP contribution in [-0.4, -0.2) is 0 Å². The van der Waals surface area contributed by atoms with Gasteiger partial charge in [-0.15, -0.1) is 0 Å². The second-order valence-corrected chi connectivity index (χ2v) is 16.0. The van der Waals surface area contributed by atoms with E-state index in [9.17, 15) is 0 Å². The Hall–Kier alpha value is -2.60. The molecule has 208 valence electrons. The lowest BCUT2D eigenvalue weighted by Crippen LogP contribution is -2.66. The quantitative estimate of drug-likeness (QED) is 0.376. The highest BCUT2D eigenvalue weighted by Crippen LogP contribution is 2.77. The van der Waals surface area contributed by atoms with Gasteiger partial charge >= 0.3 is 0 Å². The van der Waals surface area contributed by atoms with E-state index in [1.807, 2.05) is 0 Å². The maximum absolute atomic E-state index is 2.59. The molecule has 0 amide bonds. The largest absolute Gasteiger partial charge is 0.0725 e. The van der Waals surface area contributed by atoms with E-state index in [-0.39, 0.29) is 32.5 Å². The highest BCUT2D eigenvalue weighted by Gasteiger charge is 2.73. The third kappa shape index (κ3) is 4.00. The summed E-state index contributed by atoms with van der Waals surface area (Å²) in [6.45, 7) is 29.3. The number of hydrogen-bond donors (Lipinski definition) is 0. The lowest BCUT2D eigenvalue weighted by Gasteiger charge is -2.69. The first-order chi connectivity index (χ1) is 17.9. The Balaban J connectivity index is 2.43. The Morgan fingerprint density at radius 3 is 1.00 bits per heavy atom. The second-order valence-electron chi connectivity index (χ2n) is 16.0. The molecule has 0 fully saturated rings. The highest BCUT2D eigenvalue weighted by molar-refractivity contribution is 5.63. The summed E-state index contributed by atoms with van der Waals surface area (Å²) >= 11 is 0. The molecular weight excluding hydrogens is 468 g/mol. The summed E-state index contributed by atoms with van der Waals surface area (Å²) < 4.78 is 0. The molecular formula is C39H52. The molecule has 0 nitrogen and oxygen atoms in total. The van der Waals surface area contributed by atoms with Gasteiger partial charge in [-0.1, -0.05) is 191 Å². The van der Waals surface area contributed by atoms with Crippen LogP contribution >= 0.6 is 0 Å². The Kier molecular flexibility index (Phi) is 6.95. The van der Waals surface area contributed by atoms with Gasteiger partial charge in [0.15, 0.2) is 0 Å². The van der Waals surface area contributed by atoms with E-state index < -0.39 is 5.41 Å². The zero-order valence-electron chi connectivity index (χ0n) is 26.7. The van der Waals surface area contributed by atoms with Crippen molar-refractivity contribution in [1.82, 2.24) is 0 Å². The van der Waals surface area contributed by atoms with Gasteiger partial charge in [0.1, 0.15) is 0 Å². The number of allylic oxidation sites excluding steroid dienone is 8. The molecule has 0 heterocycles. The topological polar surface area (TPSA) is 0 Å². The van der Waals surface area contributed by atoms with Crippen LogP contribution in [0.5, 0.6) is 0 Å². The van der Waals surface area contributed by atoms with Crippen LogP contribution in [0.2, 0.25) is 0 Å². The highest BCUT2D eigenvalue weighted by atomic mass is 14.7. The first-order valence-corrected chi connectivity index (χ1v) is 14.8. The van der Waals surface area contributed by atoms with Crippen molar-refractivity contribution in [3.8, 4) is 0 Å². The average Bonchev–Trinajstić information content (AvgIpc) is 3.48. The van der Waals surface area contributed by atoms with Crippen molar-refractivity contribution in [3.63, 3.8) is 0 Å². The minimum atomic E-state index is -0.447. The summed E-state index contributed by atoms with van der Waals surface area (Å²) in [6.07, 6.45) is 14.8. The van der Waals surface area contributed by atoms with E-state index in [1.165, 1.54) is 22.3 Å².